The summed E-state index contributed by atoms with van der Waals surface area (Å²) in [6, 6.07) is 17.0. The third-order valence-electron chi connectivity index (χ3n) is 4.40. The van der Waals surface area contributed by atoms with Crippen molar-refractivity contribution in [3.63, 3.8) is 0 Å². The van der Waals surface area contributed by atoms with E-state index in [0.717, 1.165) is 11.1 Å². The van der Waals surface area contributed by atoms with E-state index in [-0.39, 0.29) is 18.0 Å². The first-order valence-corrected chi connectivity index (χ1v) is 8.81. The molecule has 1 heterocycles. The van der Waals surface area contributed by atoms with Crippen LogP contribution in [0, 0.1) is 18.3 Å². The molecule has 2 aromatic carbocycles. The fraction of sp³-hybridized carbons (Fsp3) is 0.136. The molecule has 7 nitrogen and oxygen atoms in total. The third kappa shape index (κ3) is 3.96. The van der Waals surface area contributed by atoms with Gasteiger partial charge in [0.05, 0.1) is 7.11 Å². The molecule has 0 bridgehead atoms. The molecule has 0 spiro atoms. The second-order valence-corrected chi connectivity index (χ2v) is 6.31. The number of primary amides is 1. The maximum Gasteiger partial charge on any atom is 0.255 e. The number of hydrogen-bond donors (Lipinski definition) is 2. The van der Waals surface area contributed by atoms with Gasteiger partial charge in [-0.2, -0.15) is 5.26 Å². The Kier molecular flexibility index (Phi) is 5.65. The lowest BCUT2D eigenvalue weighted by atomic mass is 9.90. The molecule has 7 heteroatoms. The summed E-state index contributed by atoms with van der Waals surface area (Å²) in [5.41, 5.74) is 15.3. The van der Waals surface area contributed by atoms with Gasteiger partial charge in [0, 0.05) is 16.8 Å². The predicted octanol–water partition coefficient (Wildman–Crippen LogP) is 3.05. The van der Waals surface area contributed by atoms with Crippen molar-refractivity contribution in [2.75, 3.05) is 19.5 Å². The molecule has 29 heavy (non-hydrogen) atoms. The van der Waals surface area contributed by atoms with E-state index >= 15 is 0 Å². The highest BCUT2D eigenvalue weighted by Crippen LogP contribution is 2.41. The summed E-state index contributed by atoms with van der Waals surface area (Å²) in [6.45, 7) is 1.58. The predicted molar refractivity (Wildman–Crippen MR) is 110 cm³/mol. The SMILES string of the molecule is COc1cc(-c2c(C#N)c(N)nc(C)c2-c2ccccc2)ccc1OCC(N)=O. The number of nitrogen functional groups attached to an aromatic ring is 1. The first-order chi connectivity index (χ1) is 14.0. The van der Waals surface area contributed by atoms with Crippen LogP contribution in [0.5, 0.6) is 11.5 Å². The third-order valence-corrected chi connectivity index (χ3v) is 4.40. The Morgan fingerprint density at radius 2 is 1.83 bits per heavy atom. The molecule has 0 aliphatic rings. The summed E-state index contributed by atoms with van der Waals surface area (Å²) in [5, 5.41) is 9.77. The van der Waals surface area contributed by atoms with E-state index < -0.39 is 5.91 Å². The zero-order valence-electron chi connectivity index (χ0n) is 16.1. The van der Waals surface area contributed by atoms with E-state index in [1.54, 1.807) is 18.2 Å². The van der Waals surface area contributed by atoms with Crippen LogP contribution in [-0.2, 0) is 4.79 Å². The summed E-state index contributed by atoms with van der Waals surface area (Å²) < 4.78 is 10.8. The lowest BCUT2D eigenvalue weighted by Gasteiger charge is -2.18. The van der Waals surface area contributed by atoms with E-state index in [2.05, 4.69) is 11.1 Å². The van der Waals surface area contributed by atoms with Crippen molar-refractivity contribution in [2.24, 2.45) is 5.73 Å². The van der Waals surface area contributed by atoms with E-state index in [9.17, 15) is 10.1 Å². The molecule has 0 radical (unpaired) electrons. The Hall–Kier alpha value is -4.05. The van der Waals surface area contributed by atoms with Crippen LogP contribution in [0.4, 0.5) is 5.82 Å². The highest BCUT2D eigenvalue weighted by molar-refractivity contribution is 5.91. The summed E-state index contributed by atoms with van der Waals surface area (Å²) in [5.74, 6) is 0.341. The molecule has 1 amide bonds. The largest absolute Gasteiger partial charge is 0.493 e. The maximum absolute atomic E-state index is 11.0. The number of carbonyl (C=O) groups is 1. The minimum atomic E-state index is -0.591. The minimum absolute atomic E-state index is 0.160. The molecule has 0 aliphatic carbocycles. The average molecular weight is 388 g/mol. The number of carbonyl (C=O) groups excluding carboxylic acids is 1. The summed E-state index contributed by atoms with van der Waals surface area (Å²) in [4.78, 5) is 15.4. The van der Waals surface area contributed by atoms with Gasteiger partial charge in [-0.3, -0.25) is 4.79 Å². The Labute approximate surface area is 168 Å². The van der Waals surface area contributed by atoms with Crippen LogP contribution in [0.1, 0.15) is 11.3 Å². The van der Waals surface area contributed by atoms with Gasteiger partial charge in [0.1, 0.15) is 17.5 Å². The van der Waals surface area contributed by atoms with Crippen LogP contribution in [0.3, 0.4) is 0 Å². The summed E-state index contributed by atoms with van der Waals surface area (Å²) >= 11 is 0. The van der Waals surface area contributed by atoms with Crippen molar-refractivity contribution >= 4 is 11.7 Å². The first kappa shape index (κ1) is 19.7. The second-order valence-electron chi connectivity index (χ2n) is 6.31. The van der Waals surface area contributed by atoms with Gasteiger partial charge >= 0.3 is 0 Å². The number of ether oxygens (including phenoxy) is 2. The van der Waals surface area contributed by atoms with Crippen molar-refractivity contribution < 1.29 is 14.3 Å². The number of nitriles is 1. The first-order valence-electron chi connectivity index (χ1n) is 8.81. The highest BCUT2D eigenvalue weighted by atomic mass is 16.5. The lowest BCUT2D eigenvalue weighted by Crippen LogP contribution is -2.20. The molecular formula is C22H20N4O3. The van der Waals surface area contributed by atoms with Crippen molar-refractivity contribution in [3.8, 4) is 39.8 Å². The molecular weight excluding hydrogens is 368 g/mol. The van der Waals surface area contributed by atoms with Crippen LogP contribution in [0.2, 0.25) is 0 Å². The molecule has 0 unspecified atom stereocenters. The van der Waals surface area contributed by atoms with Gasteiger partial charge in [-0.05, 0) is 30.2 Å². The van der Waals surface area contributed by atoms with E-state index in [1.807, 2.05) is 37.3 Å². The molecule has 0 fully saturated rings. The van der Waals surface area contributed by atoms with Crippen molar-refractivity contribution in [3.05, 3.63) is 59.8 Å². The van der Waals surface area contributed by atoms with Crippen LogP contribution in [0.25, 0.3) is 22.3 Å². The topological polar surface area (TPSA) is 124 Å². The van der Waals surface area contributed by atoms with Gasteiger partial charge in [0.25, 0.3) is 5.91 Å². The van der Waals surface area contributed by atoms with E-state index in [4.69, 9.17) is 20.9 Å². The molecule has 3 rings (SSSR count). The number of anilines is 1. The minimum Gasteiger partial charge on any atom is -0.493 e. The summed E-state index contributed by atoms with van der Waals surface area (Å²) in [6.07, 6.45) is 0. The molecule has 1 aromatic heterocycles. The fourth-order valence-electron chi connectivity index (χ4n) is 3.18. The van der Waals surface area contributed by atoms with E-state index in [1.165, 1.54) is 7.11 Å². The molecule has 0 saturated carbocycles. The Balaban J connectivity index is 2.25. The van der Waals surface area contributed by atoms with Crippen LogP contribution < -0.4 is 20.9 Å². The molecule has 4 N–H and O–H groups in total. The number of nitrogens with two attached hydrogens (primary N) is 2. The lowest BCUT2D eigenvalue weighted by molar-refractivity contribution is -0.119. The second kappa shape index (κ2) is 8.31. The quantitative estimate of drug-likeness (QED) is 0.669. The molecule has 0 saturated heterocycles. The van der Waals surface area contributed by atoms with Gasteiger partial charge in [-0.25, -0.2) is 4.98 Å². The van der Waals surface area contributed by atoms with Gasteiger partial charge in [-0.1, -0.05) is 36.4 Å². The van der Waals surface area contributed by atoms with Crippen molar-refractivity contribution in [1.82, 2.24) is 4.98 Å². The zero-order chi connectivity index (χ0) is 21.0. The zero-order valence-corrected chi connectivity index (χ0v) is 16.1. The van der Waals surface area contributed by atoms with Gasteiger partial charge in [0.15, 0.2) is 18.1 Å². The number of amides is 1. The number of rotatable bonds is 6. The van der Waals surface area contributed by atoms with Gasteiger partial charge in [0.2, 0.25) is 0 Å². The normalized spacial score (nSPS) is 10.2. The van der Waals surface area contributed by atoms with Gasteiger partial charge in [-0.15, -0.1) is 0 Å². The fourth-order valence-corrected chi connectivity index (χ4v) is 3.18. The molecule has 146 valence electrons. The molecule has 0 aliphatic heterocycles. The monoisotopic (exact) mass is 388 g/mol. The number of pyridine rings is 1. The Bertz CT molecular complexity index is 1110. The average Bonchev–Trinajstić information content (AvgIpc) is 2.72. The van der Waals surface area contributed by atoms with Crippen LogP contribution in [0.15, 0.2) is 48.5 Å². The number of benzene rings is 2. The molecule has 0 atom stereocenters. The number of nitrogens with zero attached hydrogens (tertiary/aromatic N) is 2. The maximum atomic E-state index is 11.0. The van der Waals surface area contributed by atoms with Crippen molar-refractivity contribution in [2.45, 2.75) is 6.92 Å². The summed E-state index contributed by atoms with van der Waals surface area (Å²) in [7, 11) is 1.49. The Morgan fingerprint density at radius 1 is 1.10 bits per heavy atom. The number of methoxy groups -OCH3 is 1. The van der Waals surface area contributed by atoms with Crippen LogP contribution >= 0.6 is 0 Å². The number of hydrogen-bond acceptors (Lipinski definition) is 6. The Morgan fingerprint density at radius 3 is 2.45 bits per heavy atom. The van der Waals surface area contributed by atoms with Gasteiger partial charge < -0.3 is 20.9 Å². The van der Waals surface area contributed by atoms with Crippen LogP contribution in [-0.4, -0.2) is 24.6 Å². The highest BCUT2D eigenvalue weighted by Gasteiger charge is 2.20. The standard InChI is InChI=1S/C22H20N4O3/c1-13-20(14-6-4-3-5-7-14)21(16(11-23)22(25)26-13)15-8-9-17(18(10-15)28-2)29-12-19(24)27/h3-10H,12H2,1-2H3,(H2,24,27)(H2,25,26). The van der Waals surface area contributed by atoms with E-state index in [0.29, 0.717) is 28.3 Å². The number of aryl methyl sites for hydroxylation is 1. The molecule has 3 aromatic rings. The van der Waals surface area contributed by atoms with Crippen molar-refractivity contribution in [1.29, 1.82) is 5.26 Å². The smallest absolute Gasteiger partial charge is 0.255 e. The number of aromatic nitrogens is 1.